The molecule has 0 aliphatic carbocycles. The molecule has 18 heavy (non-hydrogen) atoms. The minimum atomic E-state index is -0.556. The van der Waals surface area contributed by atoms with E-state index >= 15 is 0 Å². The molecule has 1 aromatic carbocycles. The van der Waals surface area contributed by atoms with Crippen LogP contribution in [-0.4, -0.2) is 36.9 Å². The number of carbonyl (C=O) groups is 1. The highest BCUT2D eigenvalue weighted by molar-refractivity contribution is 5.77. The standard InChI is InChI=1S/C13H19NO4/c1-3-17-11-4-6-12(7-5-11)18-9-13(16)14-8-10(2)15/h4-7,10,15H,3,8-9H2,1-2H3,(H,14,16). The van der Waals surface area contributed by atoms with Crippen LogP contribution in [0.5, 0.6) is 11.5 Å². The predicted molar refractivity (Wildman–Crippen MR) is 67.8 cm³/mol. The summed E-state index contributed by atoms with van der Waals surface area (Å²) >= 11 is 0. The first-order chi connectivity index (χ1) is 8.61. The summed E-state index contributed by atoms with van der Waals surface area (Å²) in [5.74, 6) is 1.11. The number of ether oxygens (including phenoxy) is 2. The van der Waals surface area contributed by atoms with Gasteiger partial charge in [-0.15, -0.1) is 0 Å². The fourth-order valence-electron chi connectivity index (χ4n) is 1.26. The van der Waals surface area contributed by atoms with Gasteiger partial charge in [0, 0.05) is 6.54 Å². The van der Waals surface area contributed by atoms with Crippen molar-refractivity contribution >= 4 is 5.91 Å². The Hall–Kier alpha value is -1.75. The second-order valence-electron chi connectivity index (χ2n) is 3.85. The molecule has 0 fully saturated rings. The molecule has 5 heteroatoms. The summed E-state index contributed by atoms with van der Waals surface area (Å²) in [4.78, 5) is 11.3. The Morgan fingerprint density at radius 3 is 2.33 bits per heavy atom. The average Bonchev–Trinajstić information content (AvgIpc) is 2.36. The van der Waals surface area contributed by atoms with Crippen LogP contribution in [0.15, 0.2) is 24.3 Å². The molecule has 0 saturated heterocycles. The van der Waals surface area contributed by atoms with Gasteiger partial charge in [0.2, 0.25) is 0 Å². The van der Waals surface area contributed by atoms with Gasteiger partial charge in [-0.05, 0) is 38.1 Å². The van der Waals surface area contributed by atoms with Crippen LogP contribution in [0.1, 0.15) is 13.8 Å². The molecule has 0 aliphatic heterocycles. The SMILES string of the molecule is CCOc1ccc(OCC(=O)NCC(C)O)cc1. The van der Waals surface area contributed by atoms with Gasteiger partial charge in [0.15, 0.2) is 6.61 Å². The van der Waals surface area contributed by atoms with E-state index in [1.165, 1.54) is 0 Å². The molecule has 100 valence electrons. The first-order valence-electron chi connectivity index (χ1n) is 5.92. The predicted octanol–water partition coefficient (Wildman–Crippen LogP) is 0.961. The zero-order valence-corrected chi connectivity index (χ0v) is 10.7. The topological polar surface area (TPSA) is 67.8 Å². The molecular formula is C13H19NO4. The van der Waals surface area contributed by atoms with Gasteiger partial charge >= 0.3 is 0 Å². The Bertz CT molecular complexity index is 362. The van der Waals surface area contributed by atoms with Gasteiger partial charge in [0.25, 0.3) is 5.91 Å². The molecule has 0 radical (unpaired) electrons. The van der Waals surface area contributed by atoms with E-state index in [-0.39, 0.29) is 19.1 Å². The lowest BCUT2D eigenvalue weighted by atomic mass is 10.3. The minimum Gasteiger partial charge on any atom is -0.494 e. The summed E-state index contributed by atoms with van der Waals surface area (Å²) in [6, 6.07) is 7.05. The molecule has 1 atom stereocenters. The molecular weight excluding hydrogens is 234 g/mol. The molecule has 1 rings (SSSR count). The number of carbonyl (C=O) groups excluding carboxylic acids is 1. The molecule has 1 amide bonds. The third kappa shape index (κ3) is 5.54. The van der Waals surface area contributed by atoms with Crippen molar-refractivity contribution < 1.29 is 19.4 Å². The lowest BCUT2D eigenvalue weighted by Crippen LogP contribution is -2.34. The van der Waals surface area contributed by atoms with Crippen LogP contribution in [0.25, 0.3) is 0 Å². The first kappa shape index (κ1) is 14.3. The van der Waals surface area contributed by atoms with Crippen molar-refractivity contribution in [1.82, 2.24) is 5.32 Å². The van der Waals surface area contributed by atoms with Gasteiger partial charge in [-0.1, -0.05) is 0 Å². The number of hydrogen-bond acceptors (Lipinski definition) is 4. The van der Waals surface area contributed by atoms with Crippen molar-refractivity contribution in [2.75, 3.05) is 19.8 Å². The van der Waals surface area contributed by atoms with Gasteiger partial charge in [-0.25, -0.2) is 0 Å². The fourth-order valence-corrected chi connectivity index (χ4v) is 1.26. The highest BCUT2D eigenvalue weighted by Gasteiger charge is 2.04. The molecule has 1 unspecified atom stereocenters. The second-order valence-corrected chi connectivity index (χ2v) is 3.85. The van der Waals surface area contributed by atoms with Gasteiger partial charge in [0.1, 0.15) is 11.5 Å². The largest absolute Gasteiger partial charge is 0.494 e. The third-order valence-corrected chi connectivity index (χ3v) is 2.10. The van der Waals surface area contributed by atoms with E-state index in [1.807, 2.05) is 6.92 Å². The molecule has 2 N–H and O–H groups in total. The Balaban J connectivity index is 2.32. The maximum Gasteiger partial charge on any atom is 0.258 e. The first-order valence-corrected chi connectivity index (χ1v) is 5.92. The van der Waals surface area contributed by atoms with E-state index in [2.05, 4.69) is 5.32 Å². The molecule has 0 spiro atoms. The van der Waals surface area contributed by atoms with Crippen molar-refractivity contribution in [2.45, 2.75) is 20.0 Å². The fraction of sp³-hybridized carbons (Fsp3) is 0.462. The van der Waals surface area contributed by atoms with E-state index < -0.39 is 6.10 Å². The van der Waals surface area contributed by atoms with Gasteiger partial charge in [0.05, 0.1) is 12.7 Å². The Kier molecular flexibility index (Phi) is 6.00. The Morgan fingerprint density at radius 2 is 1.83 bits per heavy atom. The Morgan fingerprint density at radius 1 is 1.28 bits per heavy atom. The molecule has 1 aromatic rings. The van der Waals surface area contributed by atoms with Crippen LogP contribution in [0.3, 0.4) is 0 Å². The molecule has 0 aromatic heterocycles. The minimum absolute atomic E-state index is 0.0687. The number of hydrogen-bond donors (Lipinski definition) is 2. The molecule has 0 heterocycles. The molecule has 0 aliphatic rings. The van der Waals surface area contributed by atoms with Crippen LogP contribution < -0.4 is 14.8 Å². The van der Waals surface area contributed by atoms with Crippen LogP contribution in [-0.2, 0) is 4.79 Å². The van der Waals surface area contributed by atoms with Gasteiger partial charge < -0.3 is 19.9 Å². The zero-order valence-electron chi connectivity index (χ0n) is 10.7. The average molecular weight is 253 g/mol. The summed E-state index contributed by atoms with van der Waals surface area (Å²) in [7, 11) is 0. The van der Waals surface area contributed by atoms with Crippen molar-refractivity contribution in [3.05, 3.63) is 24.3 Å². The summed E-state index contributed by atoms with van der Waals surface area (Å²) in [5.41, 5.74) is 0. The number of rotatable bonds is 7. The summed E-state index contributed by atoms with van der Waals surface area (Å²) < 4.78 is 10.6. The van der Waals surface area contributed by atoms with E-state index in [0.29, 0.717) is 12.4 Å². The maximum atomic E-state index is 11.3. The number of nitrogens with one attached hydrogen (secondary N) is 1. The molecule has 5 nitrogen and oxygen atoms in total. The summed E-state index contributed by atoms with van der Waals surface area (Å²) in [5, 5.41) is 11.5. The van der Waals surface area contributed by atoms with E-state index in [0.717, 1.165) is 5.75 Å². The number of benzene rings is 1. The highest BCUT2D eigenvalue weighted by atomic mass is 16.5. The van der Waals surface area contributed by atoms with Crippen LogP contribution in [0.4, 0.5) is 0 Å². The summed E-state index contributed by atoms with van der Waals surface area (Å²) in [6.07, 6.45) is -0.556. The normalized spacial score (nSPS) is 11.7. The Labute approximate surface area is 107 Å². The van der Waals surface area contributed by atoms with Crippen LogP contribution >= 0.6 is 0 Å². The molecule has 0 bridgehead atoms. The van der Waals surface area contributed by atoms with Crippen molar-refractivity contribution in [1.29, 1.82) is 0 Å². The lowest BCUT2D eigenvalue weighted by Gasteiger charge is -2.09. The smallest absolute Gasteiger partial charge is 0.258 e. The van der Waals surface area contributed by atoms with Crippen molar-refractivity contribution in [3.8, 4) is 11.5 Å². The van der Waals surface area contributed by atoms with E-state index in [4.69, 9.17) is 14.6 Å². The second kappa shape index (κ2) is 7.55. The van der Waals surface area contributed by atoms with Crippen molar-refractivity contribution in [2.24, 2.45) is 0 Å². The highest BCUT2D eigenvalue weighted by Crippen LogP contribution is 2.17. The molecule has 0 saturated carbocycles. The monoisotopic (exact) mass is 253 g/mol. The third-order valence-electron chi connectivity index (χ3n) is 2.10. The van der Waals surface area contributed by atoms with Crippen molar-refractivity contribution in [3.63, 3.8) is 0 Å². The van der Waals surface area contributed by atoms with E-state index in [9.17, 15) is 4.79 Å². The zero-order chi connectivity index (χ0) is 13.4. The number of aliphatic hydroxyl groups is 1. The number of aliphatic hydroxyl groups excluding tert-OH is 1. The number of amides is 1. The summed E-state index contributed by atoms with van der Waals surface area (Å²) in [6.45, 7) is 4.29. The van der Waals surface area contributed by atoms with Crippen LogP contribution in [0, 0.1) is 0 Å². The quantitative estimate of drug-likeness (QED) is 0.759. The van der Waals surface area contributed by atoms with Crippen LogP contribution in [0.2, 0.25) is 0 Å². The van der Waals surface area contributed by atoms with Gasteiger partial charge in [-0.2, -0.15) is 0 Å². The van der Waals surface area contributed by atoms with Gasteiger partial charge in [-0.3, -0.25) is 4.79 Å². The maximum absolute atomic E-state index is 11.3. The lowest BCUT2D eigenvalue weighted by molar-refractivity contribution is -0.123. The van der Waals surface area contributed by atoms with E-state index in [1.54, 1.807) is 31.2 Å².